The van der Waals surface area contributed by atoms with E-state index in [1.807, 2.05) is 0 Å². The van der Waals surface area contributed by atoms with Crippen LogP contribution in [-0.4, -0.2) is 167 Å². The number of aliphatic hydroxyl groups is 3. The lowest BCUT2D eigenvalue weighted by atomic mass is 10.5. The molecule has 0 fully saturated rings. The minimum absolute atomic E-state index is 0.0359. The van der Waals surface area contributed by atoms with E-state index < -0.39 is 0 Å². The van der Waals surface area contributed by atoms with Crippen molar-refractivity contribution in [1.82, 2.24) is 0 Å². The van der Waals surface area contributed by atoms with Crippen molar-refractivity contribution >= 4 is 0 Å². The average molecular weight is 563 g/mol. The Balaban J connectivity index is 0. The lowest BCUT2D eigenvalue weighted by molar-refractivity contribution is -0.0151. The fraction of sp³-hybridized carbons (Fsp3) is 1.00. The quantitative estimate of drug-likeness (QED) is 0.0906. The van der Waals surface area contributed by atoms with Gasteiger partial charge in [0.15, 0.2) is 0 Å². The van der Waals surface area contributed by atoms with Crippen LogP contribution in [0.3, 0.4) is 0 Å². The Bertz CT molecular complexity index is 315. The molecule has 13 nitrogen and oxygen atoms in total. The summed E-state index contributed by atoms with van der Waals surface area (Å²) < 4.78 is 52.0. The molecule has 0 aliphatic heterocycles. The Morgan fingerprint density at radius 1 is 0.263 bits per heavy atom. The smallest absolute Gasteiger partial charge is 0.0701 e. The predicted octanol–water partition coefficient (Wildman–Crippen LogP) is -0.474. The summed E-state index contributed by atoms with van der Waals surface area (Å²) in [5.74, 6) is 0. The van der Waals surface area contributed by atoms with E-state index in [9.17, 15) is 0 Å². The van der Waals surface area contributed by atoms with Gasteiger partial charge < -0.3 is 62.7 Å². The molecule has 0 spiro atoms. The van der Waals surface area contributed by atoms with E-state index >= 15 is 0 Å². The van der Waals surface area contributed by atoms with Gasteiger partial charge in [-0.1, -0.05) is 6.92 Å². The van der Waals surface area contributed by atoms with E-state index in [1.165, 1.54) is 0 Å². The van der Waals surface area contributed by atoms with Gasteiger partial charge in [0, 0.05) is 6.61 Å². The van der Waals surface area contributed by atoms with Gasteiger partial charge in [0.2, 0.25) is 0 Å². The average Bonchev–Trinajstić information content (AvgIpc) is 2.93. The maximum atomic E-state index is 8.46. The Hall–Kier alpha value is -0.520. The lowest BCUT2D eigenvalue weighted by Gasteiger charge is -2.07. The molecule has 0 unspecified atom stereocenters. The summed E-state index contributed by atoms with van der Waals surface area (Å²) in [7, 11) is 0. The monoisotopic (exact) mass is 562 g/mol. The second-order valence-corrected chi connectivity index (χ2v) is 7.29. The van der Waals surface area contributed by atoms with Crippen LogP contribution >= 0.6 is 0 Å². The number of hydrogen-bond donors (Lipinski definition) is 3. The standard InChI is InChI=1S/C13H28O6.C12H26O7/c1-2-4-15-6-8-17-10-12-19-13-11-18-9-7-16-5-3-14;13-1-3-15-5-7-17-9-11-19-12-10-18-8-6-16-4-2-14/h14H,2-13H2,1H3;13-14H,1-12H2. The van der Waals surface area contributed by atoms with Crippen LogP contribution in [0.15, 0.2) is 0 Å². The van der Waals surface area contributed by atoms with Gasteiger partial charge in [0.25, 0.3) is 0 Å². The Kier molecular flexibility index (Phi) is 42.7. The summed E-state index contributed by atoms with van der Waals surface area (Å²) in [4.78, 5) is 0. The summed E-state index contributed by atoms with van der Waals surface area (Å²) in [6.45, 7) is 12.6. The third-order valence-electron chi connectivity index (χ3n) is 4.03. The molecule has 3 N–H and O–H groups in total. The first-order valence-electron chi connectivity index (χ1n) is 13.4. The third kappa shape index (κ3) is 42.6. The number of rotatable bonds is 32. The van der Waals surface area contributed by atoms with Crippen LogP contribution < -0.4 is 0 Å². The SMILES string of the molecule is CCCOCCOCCOCCOCCOCCO.OCCOCCOCCOCCOCCOCCO. The van der Waals surface area contributed by atoms with Crippen LogP contribution in [0.25, 0.3) is 0 Å². The first-order chi connectivity index (χ1) is 18.8. The van der Waals surface area contributed by atoms with Crippen molar-refractivity contribution in [3.63, 3.8) is 0 Å². The van der Waals surface area contributed by atoms with Crippen molar-refractivity contribution in [3.05, 3.63) is 0 Å². The van der Waals surface area contributed by atoms with E-state index in [4.69, 9.17) is 62.7 Å². The van der Waals surface area contributed by atoms with Crippen molar-refractivity contribution in [3.8, 4) is 0 Å². The highest BCUT2D eigenvalue weighted by Gasteiger charge is 1.94. The third-order valence-corrected chi connectivity index (χ3v) is 4.03. The van der Waals surface area contributed by atoms with Gasteiger partial charge in [-0.3, -0.25) is 0 Å². The summed E-state index contributed by atoms with van der Waals surface area (Å²) in [5.41, 5.74) is 0. The Morgan fingerprint density at radius 3 is 0.579 bits per heavy atom. The van der Waals surface area contributed by atoms with Crippen LogP contribution in [0.1, 0.15) is 13.3 Å². The molecule has 0 amide bonds. The highest BCUT2D eigenvalue weighted by molar-refractivity contribution is 4.37. The van der Waals surface area contributed by atoms with E-state index in [1.54, 1.807) is 0 Å². The minimum Gasteiger partial charge on any atom is -0.394 e. The summed E-state index contributed by atoms with van der Waals surface area (Å²) >= 11 is 0. The van der Waals surface area contributed by atoms with Crippen LogP contribution in [-0.2, 0) is 47.4 Å². The number of aliphatic hydroxyl groups excluding tert-OH is 3. The molecule has 0 atom stereocenters. The molecule has 0 aliphatic carbocycles. The predicted molar refractivity (Wildman–Crippen MR) is 140 cm³/mol. The maximum Gasteiger partial charge on any atom is 0.0701 e. The number of ether oxygens (including phenoxy) is 10. The molecule has 0 saturated heterocycles. The molecular formula is C25H54O13. The van der Waals surface area contributed by atoms with Gasteiger partial charge in [-0.2, -0.15) is 0 Å². The van der Waals surface area contributed by atoms with Crippen LogP contribution in [0, 0.1) is 0 Å². The minimum atomic E-state index is 0.0359. The summed E-state index contributed by atoms with van der Waals surface area (Å²) in [6, 6.07) is 0. The zero-order chi connectivity index (χ0) is 28.0. The highest BCUT2D eigenvalue weighted by atomic mass is 16.6. The molecule has 0 aromatic heterocycles. The maximum absolute atomic E-state index is 8.46. The van der Waals surface area contributed by atoms with Crippen LogP contribution in [0.4, 0.5) is 0 Å². The Morgan fingerprint density at radius 2 is 0.421 bits per heavy atom. The second kappa shape index (κ2) is 41.0. The van der Waals surface area contributed by atoms with E-state index in [0.717, 1.165) is 13.0 Å². The molecule has 38 heavy (non-hydrogen) atoms. The highest BCUT2D eigenvalue weighted by Crippen LogP contribution is 1.85. The van der Waals surface area contributed by atoms with Crippen molar-refractivity contribution in [2.24, 2.45) is 0 Å². The molecule has 0 saturated carbocycles. The second-order valence-electron chi connectivity index (χ2n) is 7.29. The molecule has 0 radical (unpaired) electrons. The molecule has 0 aromatic carbocycles. The molecule has 0 rings (SSSR count). The lowest BCUT2D eigenvalue weighted by Crippen LogP contribution is -2.14. The van der Waals surface area contributed by atoms with Crippen molar-refractivity contribution in [2.45, 2.75) is 13.3 Å². The van der Waals surface area contributed by atoms with Crippen molar-refractivity contribution < 1.29 is 62.7 Å². The normalized spacial score (nSPS) is 11.1. The van der Waals surface area contributed by atoms with Gasteiger partial charge in [0.1, 0.15) is 0 Å². The largest absolute Gasteiger partial charge is 0.394 e. The zero-order valence-corrected chi connectivity index (χ0v) is 23.4. The number of hydrogen-bond acceptors (Lipinski definition) is 13. The van der Waals surface area contributed by atoms with E-state index in [0.29, 0.717) is 126 Å². The van der Waals surface area contributed by atoms with Crippen LogP contribution in [0.5, 0.6) is 0 Å². The molecule has 0 bridgehead atoms. The Labute approximate surface area is 228 Å². The molecule has 232 valence electrons. The van der Waals surface area contributed by atoms with Gasteiger partial charge in [0.05, 0.1) is 145 Å². The van der Waals surface area contributed by atoms with E-state index in [-0.39, 0.29) is 19.8 Å². The molecular weight excluding hydrogens is 508 g/mol. The molecule has 0 aromatic rings. The van der Waals surface area contributed by atoms with Gasteiger partial charge >= 0.3 is 0 Å². The van der Waals surface area contributed by atoms with Gasteiger partial charge in [-0.25, -0.2) is 0 Å². The fourth-order valence-corrected chi connectivity index (χ4v) is 2.30. The van der Waals surface area contributed by atoms with E-state index in [2.05, 4.69) is 6.92 Å². The summed E-state index contributed by atoms with van der Waals surface area (Å²) in [5, 5.41) is 25.4. The fourth-order valence-electron chi connectivity index (χ4n) is 2.30. The van der Waals surface area contributed by atoms with Crippen molar-refractivity contribution in [2.75, 3.05) is 152 Å². The van der Waals surface area contributed by atoms with Gasteiger partial charge in [-0.15, -0.1) is 0 Å². The summed E-state index contributed by atoms with van der Waals surface area (Å²) in [6.07, 6.45) is 1.04. The van der Waals surface area contributed by atoms with Crippen LogP contribution in [0.2, 0.25) is 0 Å². The molecule has 13 heteroatoms. The first-order valence-corrected chi connectivity index (χ1v) is 13.4. The topological polar surface area (TPSA) is 153 Å². The first kappa shape index (κ1) is 39.6. The molecule has 0 heterocycles. The van der Waals surface area contributed by atoms with Gasteiger partial charge in [-0.05, 0) is 6.42 Å². The van der Waals surface area contributed by atoms with Crippen molar-refractivity contribution in [1.29, 1.82) is 0 Å². The zero-order valence-electron chi connectivity index (χ0n) is 23.4. The molecule has 0 aliphatic rings.